The normalized spacial score (nSPS) is 13.4. The first kappa shape index (κ1) is 83.7. The van der Waals surface area contributed by atoms with E-state index in [1.807, 2.05) is 21.1 Å². The van der Waals surface area contributed by atoms with Gasteiger partial charge in [-0.05, 0) is 83.5 Å². The summed E-state index contributed by atoms with van der Waals surface area (Å²) in [7, 11) is 1.18. The van der Waals surface area contributed by atoms with Crippen LogP contribution in [-0.4, -0.2) is 70.0 Å². The molecule has 504 valence electrons. The Morgan fingerprint density at radius 3 is 0.930 bits per heavy atom. The molecule has 0 aromatic heterocycles. The van der Waals surface area contributed by atoms with Crippen molar-refractivity contribution in [3.63, 3.8) is 0 Å². The minimum atomic E-state index is -4.64. The molecule has 0 heterocycles. The van der Waals surface area contributed by atoms with Gasteiger partial charge in [-0.3, -0.25) is 14.2 Å². The third-order valence-electron chi connectivity index (χ3n) is 16.5. The van der Waals surface area contributed by atoms with Crippen molar-refractivity contribution in [3.05, 3.63) is 60.8 Å². The Hall–Kier alpha value is -2.29. The smallest absolute Gasteiger partial charge is 0.306 e. The molecule has 2 atom stereocenters. The number of hydrogen-bond donors (Lipinski definition) is 0. The Bertz CT molecular complexity index is 1630. The number of likely N-dealkylation sites (N-methyl/N-ethyl adjacent to an activating group) is 1. The quantitative estimate of drug-likeness (QED) is 0.0195. The molecule has 0 aromatic carbocycles. The monoisotopic (exact) mass is 1230 g/mol. The maximum Gasteiger partial charge on any atom is 0.306 e. The van der Waals surface area contributed by atoms with Crippen LogP contribution in [0.2, 0.25) is 0 Å². The van der Waals surface area contributed by atoms with E-state index in [0.717, 1.165) is 57.8 Å². The van der Waals surface area contributed by atoms with E-state index in [4.69, 9.17) is 18.5 Å². The number of nitrogens with zero attached hydrogens (tertiary/aromatic N) is 1. The summed E-state index contributed by atoms with van der Waals surface area (Å²) in [4.78, 5) is 38.1. The van der Waals surface area contributed by atoms with E-state index in [1.54, 1.807) is 0 Å². The van der Waals surface area contributed by atoms with Crippen LogP contribution in [0.25, 0.3) is 0 Å². The molecule has 0 saturated carbocycles. The van der Waals surface area contributed by atoms with Gasteiger partial charge < -0.3 is 27.9 Å². The lowest BCUT2D eigenvalue weighted by molar-refractivity contribution is -0.870. The first-order chi connectivity index (χ1) is 42.0. The van der Waals surface area contributed by atoms with Crippen molar-refractivity contribution in [2.75, 3.05) is 47.5 Å². The molecule has 0 aliphatic carbocycles. The van der Waals surface area contributed by atoms with Gasteiger partial charge in [0.25, 0.3) is 7.82 Å². The maximum atomic E-state index is 12.9. The maximum absolute atomic E-state index is 12.9. The molecule has 0 amide bonds. The summed E-state index contributed by atoms with van der Waals surface area (Å²) in [6.07, 6.45) is 88.9. The highest BCUT2D eigenvalue weighted by Crippen LogP contribution is 2.38. The number of esters is 2. The third-order valence-corrected chi connectivity index (χ3v) is 17.5. The second kappa shape index (κ2) is 67.1. The summed E-state index contributed by atoms with van der Waals surface area (Å²) in [6, 6.07) is 0. The zero-order valence-electron chi connectivity index (χ0n) is 57.5. The highest BCUT2D eigenvalue weighted by Gasteiger charge is 2.22. The molecule has 86 heavy (non-hydrogen) atoms. The second-order valence-corrected chi connectivity index (χ2v) is 27.7. The second-order valence-electron chi connectivity index (χ2n) is 26.3. The lowest BCUT2D eigenvalue weighted by Gasteiger charge is -2.28. The van der Waals surface area contributed by atoms with Crippen molar-refractivity contribution in [2.45, 2.75) is 367 Å². The molecule has 0 bridgehead atoms. The number of phosphoric acid groups is 1. The van der Waals surface area contributed by atoms with E-state index in [2.05, 4.69) is 74.6 Å². The Morgan fingerprint density at radius 2 is 0.628 bits per heavy atom. The first-order valence-electron chi connectivity index (χ1n) is 37.0. The number of carbonyl (C=O) groups is 2. The van der Waals surface area contributed by atoms with E-state index < -0.39 is 26.5 Å². The number of phosphoric ester groups is 1. The van der Waals surface area contributed by atoms with Crippen LogP contribution in [0, 0.1) is 0 Å². The fraction of sp³-hybridized carbons (Fsp3) is 0.842. The summed E-state index contributed by atoms with van der Waals surface area (Å²) in [6.45, 7) is 4.27. The van der Waals surface area contributed by atoms with Crippen LogP contribution >= 0.6 is 7.82 Å². The number of unbranched alkanes of at least 4 members (excludes halogenated alkanes) is 45. The van der Waals surface area contributed by atoms with Gasteiger partial charge >= 0.3 is 11.9 Å². The fourth-order valence-corrected chi connectivity index (χ4v) is 11.5. The van der Waals surface area contributed by atoms with Crippen LogP contribution in [0.4, 0.5) is 0 Å². The summed E-state index contributed by atoms with van der Waals surface area (Å²) >= 11 is 0. The van der Waals surface area contributed by atoms with Crippen LogP contribution < -0.4 is 4.89 Å². The molecule has 0 N–H and O–H groups in total. The summed E-state index contributed by atoms with van der Waals surface area (Å²) in [5, 5.41) is 0. The van der Waals surface area contributed by atoms with Gasteiger partial charge in [0.1, 0.15) is 19.8 Å². The van der Waals surface area contributed by atoms with E-state index in [1.165, 1.54) is 270 Å². The van der Waals surface area contributed by atoms with E-state index in [-0.39, 0.29) is 32.0 Å². The molecular weight excluding hydrogens is 1090 g/mol. The Balaban J connectivity index is 3.98. The predicted octanol–water partition coefficient (Wildman–Crippen LogP) is 23.5. The van der Waals surface area contributed by atoms with Crippen LogP contribution in [0.1, 0.15) is 361 Å². The van der Waals surface area contributed by atoms with Gasteiger partial charge in [-0.25, -0.2) is 0 Å². The van der Waals surface area contributed by atoms with Gasteiger partial charge in [0, 0.05) is 12.8 Å². The standard InChI is InChI=1S/C76H142NO8P/c1-6-8-10-12-14-16-18-20-22-24-26-28-30-32-34-36-37-38-39-41-42-44-46-48-50-52-54-56-58-60-62-64-66-68-75(78)82-72-74(73-84-86(80,81)83-71-70-77(3,4)5)85-76(79)69-67-65-63-61-59-57-55-53-51-49-47-45-43-40-35-33-31-29-27-25-23-21-19-17-15-13-11-9-7-2/h18-21,24-27,31,33,74H,6-17,22-23,28-30,32,34-73H2,1-5H3/b20-18-,21-19-,26-24-,27-25-,33-31-. The topological polar surface area (TPSA) is 111 Å². The zero-order valence-corrected chi connectivity index (χ0v) is 58.4. The van der Waals surface area contributed by atoms with E-state index in [0.29, 0.717) is 17.4 Å². The Morgan fingerprint density at radius 1 is 0.360 bits per heavy atom. The number of rotatable bonds is 69. The molecule has 9 nitrogen and oxygen atoms in total. The largest absolute Gasteiger partial charge is 0.756 e. The number of quaternary nitrogens is 1. The summed E-state index contributed by atoms with van der Waals surface area (Å²) in [5.41, 5.74) is 0. The molecule has 0 saturated heterocycles. The zero-order chi connectivity index (χ0) is 62.6. The minimum Gasteiger partial charge on any atom is -0.756 e. The van der Waals surface area contributed by atoms with Crippen molar-refractivity contribution in [1.82, 2.24) is 0 Å². The van der Waals surface area contributed by atoms with Crippen molar-refractivity contribution in [1.29, 1.82) is 0 Å². The van der Waals surface area contributed by atoms with Gasteiger partial charge in [0.15, 0.2) is 6.10 Å². The molecule has 0 aliphatic rings. The van der Waals surface area contributed by atoms with Gasteiger partial charge in [-0.15, -0.1) is 0 Å². The van der Waals surface area contributed by atoms with Gasteiger partial charge in [-0.2, -0.15) is 0 Å². The lowest BCUT2D eigenvalue weighted by atomic mass is 10.0. The van der Waals surface area contributed by atoms with Crippen molar-refractivity contribution in [3.8, 4) is 0 Å². The fourth-order valence-electron chi connectivity index (χ4n) is 10.8. The van der Waals surface area contributed by atoms with Crippen LogP contribution in [-0.2, 0) is 32.7 Å². The molecule has 0 fully saturated rings. The lowest BCUT2D eigenvalue weighted by Crippen LogP contribution is -2.37. The average Bonchev–Trinajstić information content (AvgIpc) is 3.67. The molecular formula is C76H142NO8P. The van der Waals surface area contributed by atoms with E-state index in [9.17, 15) is 19.0 Å². The van der Waals surface area contributed by atoms with Crippen LogP contribution in [0.3, 0.4) is 0 Å². The SMILES string of the molecule is CCCCCCC/C=C\C/C=C\C/C=C\CCCCCCCCCCCCCCCCC(=O)OC(COC(=O)CCCCCCCCCCCCCCCCCCCCCCC/C=C\C/C=C\CCCCCCC)COP(=O)([O-])OCC[N+](C)(C)C. The van der Waals surface area contributed by atoms with E-state index >= 15 is 0 Å². The van der Waals surface area contributed by atoms with Crippen LogP contribution in [0.15, 0.2) is 60.8 Å². The molecule has 0 aromatic rings. The molecule has 0 aliphatic heterocycles. The minimum absolute atomic E-state index is 0.0301. The highest BCUT2D eigenvalue weighted by molar-refractivity contribution is 7.45. The van der Waals surface area contributed by atoms with Crippen molar-refractivity contribution in [2.24, 2.45) is 0 Å². The average molecular weight is 1230 g/mol. The summed E-state index contributed by atoms with van der Waals surface area (Å²) < 4.78 is 34.4. The summed E-state index contributed by atoms with van der Waals surface area (Å²) in [5.74, 6) is -0.817. The molecule has 0 rings (SSSR count). The predicted molar refractivity (Wildman–Crippen MR) is 370 cm³/mol. The first-order valence-corrected chi connectivity index (χ1v) is 38.5. The Labute approximate surface area is 534 Å². The molecule has 0 radical (unpaired) electrons. The number of allylic oxidation sites excluding steroid dienone is 10. The number of hydrogen-bond acceptors (Lipinski definition) is 8. The Kier molecular flexibility index (Phi) is 65.3. The van der Waals surface area contributed by atoms with Crippen molar-refractivity contribution >= 4 is 19.8 Å². The molecule has 2 unspecified atom stereocenters. The third kappa shape index (κ3) is 70.8. The number of carbonyl (C=O) groups excluding carboxylic acids is 2. The van der Waals surface area contributed by atoms with Gasteiger partial charge in [-0.1, -0.05) is 325 Å². The van der Waals surface area contributed by atoms with Crippen molar-refractivity contribution < 1.29 is 42.1 Å². The highest BCUT2D eigenvalue weighted by atomic mass is 31.2. The number of ether oxygens (including phenoxy) is 2. The molecule has 10 heteroatoms. The van der Waals surface area contributed by atoms with Crippen LogP contribution in [0.5, 0.6) is 0 Å². The van der Waals surface area contributed by atoms with Gasteiger partial charge in [0.05, 0.1) is 27.7 Å². The molecule has 0 spiro atoms. The van der Waals surface area contributed by atoms with Gasteiger partial charge in [0.2, 0.25) is 0 Å².